The average molecular weight is 441 g/mol. The number of benzene rings is 3. The first kappa shape index (κ1) is 21.8. The van der Waals surface area contributed by atoms with Gasteiger partial charge >= 0.3 is 6.18 Å². The Labute approximate surface area is 183 Å². The smallest absolute Gasteiger partial charge is 0.363 e. The highest BCUT2D eigenvalue weighted by molar-refractivity contribution is 5.65. The molecule has 1 aliphatic rings. The molecule has 0 atom stereocenters. The molecule has 0 unspecified atom stereocenters. The Morgan fingerprint density at radius 1 is 0.812 bits per heavy atom. The lowest BCUT2D eigenvalue weighted by molar-refractivity contribution is -0.384. The number of rotatable bonds is 5. The van der Waals surface area contributed by atoms with Crippen LogP contribution in [0.25, 0.3) is 0 Å². The minimum absolute atomic E-state index is 0.0298. The number of hydrogen-bond acceptors (Lipinski definition) is 4. The maximum atomic E-state index is 13.0. The molecule has 1 aliphatic heterocycles. The molecule has 5 nitrogen and oxygen atoms in total. The van der Waals surface area contributed by atoms with Gasteiger partial charge in [-0.2, -0.15) is 13.2 Å². The molecule has 0 N–H and O–H groups in total. The van der Waals surface area contributed by atoms with Crippen LogP contribution in [0.2, 0.25) is 0 Å². The van der Waals surface area contributed by atoms with Crippen molar-refractivity contribution < 1.29 is 18.1 Å². The number of anilines is 1. The van der Waals surface area contributed by atoms with E-state index in [-0.39, 0.29) is 11.7 Å². The summed E-state index contributed by atoms with van der Waals surface area (Å²) < 4.78 is 39.1. The zero-order valence-electron chi connectivity index (χ0n) is 17.2. The summed E-state index contributed by atoms with van der Waals surface area (Å²) in [5, 5.41) is 11.5. The van der Waals surface area contributed by atoms with Gasteiger partial charge in [0, 0.05) is 32.2 Å². The predicted molar refractivity (Wildman–Crippen MR) is 117 cm³/mol. The first-order chi connectivity index (χ1) is 15.3. The summed E-state index contributed by atoms with van der Waals surface area (Å²) in [6.45, 7) is 2.18. The SMILES string of the molecule is O=[N+]([O-])c1cc(C(F)(F)F)ccc1N1CCN(C(c2ccccc2)c2ccccc2)CC1. The van der Waals surface area contributed by atoms with Crippen molar-refractivity contribution in [3.63, 3.8) is 0 Å². The second-order valence-electron chi connectivity index (χ2n) is 7.71. The van der Waals surface area contributed by atoms with Crippen molar-refractivity contribution in [1.29, 1.82) is 0 Å². The standard InChI is InChI=1S/C24H22F3N3O2/c25-24(26,27)20-11-12-21(22(17-20)30(31)32)28-13-15-29(16-14-28)23(18-7-3-1-4-8-18)19-9-5-2-6-10-19/h1-12,17,23H,13-16H2. The van der Waals surface area contributed by atoms with Gasteiger partial charge in [0.25, 0.3) is 5.69 Å². The third kappa shape index (κ3) is 4.60. The van der Waals surface area contributed by atoms with E-state index in [2.05, 4.69) is 29.2 Å². The number of nitrogens with zero attached hydrogens (tertiary/aromatic N) is 3. The largest absolute Gasteiger partial charge is 0.416 e. The Morgan fingerprint density at radius 2 is 1.34 bits per heavy atom. The monoisotopic (exact) mass is 441 g/mol. The summed E-state index contributed by atoms with van der Waals surface area (Å²) in [5.41, 5.74) is 0.981. The van der Waals surface area contributed by atoms with Crippen molar-refractivity contribution in [2.75, 3.05) is 31.1 Å². The quantitative estimate of drug-likeness (QED) is 0.386. The molecule has 0 amide bonds. The number of halogens is 3. The number of alkyl halides is 3. The Morgan fingerprint density at radius 3 is 1.81 bits per heavy atom. The van der Waals surface area contributed by atoms with E-state index in [0.29, 0.717) is 32.2 Å². The van der Waals surface area contributed by atoms with Crippen LogP contribution in [0, 0.1) is 10.1 Å². The second-order valence-corrected chi connectivity index (χ2v) is 7.71. The molecule has 0 aromatic heterocycles. The van der Waals surface area contributed by atoms with Gasteiger partial charge in [-0.3, -0.25) is 15.0 Å². The Hall–Kier alpha value is -3.39. The van der Waals surface area contributed by atoms with Crippen molar-refractivity contribution in [1.82, 2.24) is 4.90 Å². The van der Waals surface area contributed by atoms with Crippen molar-refractivity contribution in [3.8, 4) is 0 Å². The van der Waals surface area contributed by atoms with E-state index < -0.39 is 22.4 Å². The van der Waals surface area contributed by atoms with Gasteiger partial charge in [0.15, 0.2) is 0 Å². The minimum atomic E-state index is -4.62. The summed E-state index contributed by atoms with van der Waals surface area (Å²) in [4.78, 5) is 14.8. The Balaban J connectivity index is 1.58. The molecule has 8 heteroatoms. The van der Waals surface area contributed by atoms with Crippen LogP contribution in [0.1, 0.15) is 22.7 Å². The molecule has 4 rings (SSSR count). The molecular formula is C24H22F3N3O2. The van der Waals surface area contributed by atoms with E-state index in [9.17, 15) is 23.3 Å². The zero-order chi connectivity index (χ0) is 22.7. The van der Waals surface area contributed by atoms with E-state index in [4.69, 9.17) is 0 Å². The maximum Gasteiger partial charge on any atom is 0.416 e. The molecule has 3 aromatic rings. The summed E-state index contributed by atoms with van der Waals surface area (Å²) in [6.07, 6.45) is -4.62. The van der Waals surface area contributed by atoms with Crippen LogP contribution >= 0.6 is 0 Å². The van der Waals surface area contributed by atoms with Crippen molar-refractivity contribution in [3.05, 3.63) is 106 Å². The zero-order valence-corrected chi connectivity index (χ0v) is 17.2. The fourth-order valence-corrected chi connectivity index (χ4v) is 4.22. The number of piperazine rings is 1. The molecule has 0 spiro atoms. The summed E-state index contributed by atoms with van der Waals surface area (Å²) in [7, 11) is 0. The fourth-order valence-electron chi connectivity index (χ4n) is 4.22. The lowest BCUT2D eigenvalue weighted by Crippen LogP contribution is -2.48. The normalized spacial score (nSPS) is 15.2. The molecule has 1 fully saturated rings. The van der Waals surface area contributed by atoms with Crippen molar-refractivity contribution >= 4 is 11.4 Å². The predicted octanol–water partition coefficient (Wildman–Crippen LogP) is 5.53. The number of nitro benzene ring substituents is 1. The summed E-state index contributed by atoms with van der Waals surface area (Å²) >= 11 is 0. The summed E-state index contributed by atoms with van der Waals surface area (Å²) in [6, 6.07) is 23.0. The highest BCUT2D eigenvalue weighted by atomic mass is 19.4. The van der Waals surface area contributed by atoms with Gasteiger partial charge in [-0.05, 0) is 23.3 Å². The van der Waals surface area contributed by atoms with Crippen LogP contribution in [-0.2, 0) is 6.18 Å². The number of hydrogen-bond donors (Lipinski definition) is 0. The van der Waals surface area contributed by atoms with E-state index in [1.165, 1.54) is 6.07 Å². The van der Waals surface area contributed by atoms with Gasteiger partial charge in [0.1, 0.15) is 5.69 Å². The van der Waals surface area contributed by atoms with E-state index in [1.807, 2.05) is 36.4 Å². The van der Waals surface area contributed by atoms with Gasteiger partial charge in [0.05, 0.1) is 16.5 Å². The third-order valence-corrected chi connectivity index (χ3v) is 5.75. The van der Waals surface area contributed by atoms with Gasteiger partial charge < -0.3 is 4.90 Å². The summed E-state index contributed by atoms with van der Waals surface area (Å²) in [5.74, 6) is 0. The third-order valence-electron chi connectivity index (χ3n) is 5.75. The first-order valence-corrected chi connectivity index (χ1v) is 10.3. The second kappa shape index (κ2) is 9.00. The van der Waals surface area contributed by atoms with E-state index in [1.54, 1.807) is 4.90 Å². The van der Waals surface area contributed by atoms with Crippen LogP contribution in [-0.4, -0.2) is 36.0 Å². The van der Waals surface area contributed by atoms with Crippen LogP contribution in [0.5, 0.6) is 0 Å². The van der Waals surface area contributed by atoms with Gasteiger partial charge in [0.2, 0.25) is 0 Å². The fraction of sp³-hybridized carbons (Fsp3) is 0.250. The van der Waals surface area contributed by atoms with E-state index in [0.717, 1.165) is 17.2 Å². The highest BCUT2D eigenvalue weighted by Crippen LogP contribution is 2.37. The van der Waals surface area contributed by atoms with Crippen LogP contribution in [0.4, 0.5) is 24.5 Å². The highest BCUT2D eigenvalue weighted by Gasteiger charge is 2.35. The van der Waals surface area contributed by atoms with E-state index >= 15 is 0 Å². The van der Waals surface area contributed by atoms with Crippen LogP contribution in [0.3, 0.4) is 0 Å². The topological polar surface area (TPSA) is 49.6 Å². The molecule has 3 aromatic carbocycles. The average Bonchev–Trinajstić information content (AvgIpc) is 2.80. The molecule has 32 heavy (non-hydrogen) atoms. The van der Waals surface area contributed by atoms with Crippen molar-refractivity contribution in [2.24, 2.45) is 0 Å². The number of nitro groups is 1. The minimum Gasteiger partial charge on any atom is -0.363 e. The molecule has 1 heterocycles. The molecule has 166 valence electrons. The molecular weight excluding hydrogens is 419 g/mol. The molecule has 0 bridgehead atoms. The lowest BCUT2D eigenvalue weighted by atomic mass is 9.96. The van der Waals surface area contributed by atoms with Crippen LogP contribution in [0.15, 0.2) is 78.9 Å². The van der Waals surface area contributed by atoms with Crippen molar-refractivity contribution in [2.45, 2.75) is 12.2 Å². The maximum absolute atomic E-state index is 13.0. The van der Waals surface area contributed by atoms with Gasteiger partial charge in [-0.15, -0.1) is 0 Å². The lowest BCUT2D eigenvalue weighted by Gasteiger charge is -2.40. The molecule has 1 saturated heterocycles. The first-order valence-electron chi connectivity index (χ1n) is 10.3. The molecule has 0 saturated carbocycles. The molecule has 0 aliphatic carbocycles. The van der Waals surface area contributed by atoms with Gasteiger partial charge in [-0.25, -0.2) is 0 Å². The molecule has 0 radical (unpaired) electrons. The Kier molecular flexibility index (Phi) is 6.14. The Bertz CT molecular complexity index is 1030. The van der Waals surface area contributed by atoms with Gasteiger partial charge in [-0.1, -0.05) is 60.7 Å². The van der Waals surface area contributed by atoms with Crippen LogP contribution < -0.4 is 4.90 Å².